The molecule has 10 heavy (non-hydrogen) atoms. The van der Waals surface area contributed by atoms with Crippen molar-refractivity contribution in [1.82, 2.24) is 5.32 Å². The molecule has 0 aromatic heterocycles. The zero-order valence-corrected chi connectivity index (χ0v) is 9.05. The molecule has 1 nitrogen and oxygen atoms in total. The number of rotatable bonds is 2. The van der Waals surface area contributed by atoms with Crippen molar-refractivity contribution in [2.24, 2.45) is 5.92 Å². The Labute approximate surface area is 88.5 Å². The van der Waals surface area contributed by atoms with Crippen LogP contribution in [-0.4, -0.2) is 6.54 Å². The van der Waals surface area contributed by atoms with Crippen molar-refractivity contribution in [2.75, 3.05) is 6.54 Å². The Bertz CT molecular complexity index is 101. The fourth-order valence-electron chi connectivity index (χ4n) is 1.09. The molecular formula is C8H13NY-2. The van der Waals surface area contributed by atoms with E-state index in [1.165, 1.54) is 6.42 Å². The molecule has 0 saturated heterocycles. The topological polar surface area (TPSA) is 12.0 Å². The summed E-state index contributed by atoms with van der Waals surface area (Å²) in [5.41, 5.74) is 0. The molecule has 1 N–H and O–H groups in total. The van der Waals surface area contributed by atoms with Gasteiger partial charge in [-0.25, -0.2) is 0 Å². The zero-order chi connectivity index (χ0) is 6.53. The van der Waals surface area contributed by atoms with Gasteiger partial charge in [-0.1, -0.05) is 19.0 Å². The Kier molecular flexibility index (Phi) is 7.03. The van der Waals surface area contributed by atoms with Gasteiger partial charge in [0, 0.05) is 32.7 Å². The van der Waals surface area contributed by atoms with E-state index in [-0.39, 0.29) is 32.7 Å². The molecule has 0 fully saturated rings. The van der Waals surface area contributed by atoms with Crippen LogP contribution in [0.15, 0.2) is 12.2 Å². The maximum absolute atomic E-state index is 3.59. The van der Waals surface area contributed by atoms with Crippen molar-refractivity contribution in [3.05, 3.63) is 25.6 Å². The van der Waals surface area contributed by atoms with Gasteiger partial charge in [0.25, 0.3) is 0 Å². The van der Waals surface area contributed by atoms with Gasteiger partial charge in [0.05, 0.1) is 0 Å². The number of hydrogen-bond acceptors (Lipinski definition) is 1. The second-order valence-electron chi connectivity index (χ2n) is 2.39. The molecule has 1 rings (SSSR count). The number of allylic oxidation sites excluding steroid dienone is 2. The summed E-state index contributed by atoms with van der Waals surface area (Å²) in [4.78, 5) is 0. The van der Waals surface area contributed by atoms with Gasteiger partial charge in [-0.15, -0.1) is 6.08 Å². The number of nitrogens with one attached hydrogen (secondary N) is 1. The molecular weight excluding hydrogens is 199 g/mol. The van der Waals surface area contributed by atoms with Gasteiger partial charge >= 0.3 is 0 Å². The molecule has 1 radical (unpaired) electrons. The third-order valence-corrected chi connectivity index (χ3v) is 1.62. The molecule has 0 aliphatic heterocycles. The molecule has 0 bridgehead atoms. The van der Waals surface area contributed by atoms with E-state index in [0.29, 0.717) is 5.92 Å². The molecule has 0 aromatic rings. The SMILES string of the molecule is [CH2-]NCC1[CH-]CC=CC1.[Y]. The van der Waals surface area contributed by atoms with E-state index in [4.69, 9.17) is 0 Å². The summed E-state index contributed by atoms with van der Waals surface area (Å²) in [7, 11) is 3.59. The van der Waals surface area contributed by atoms with Crippen LogP contribution in [0.1, 0.15) is 12.8 Å². The van der Waals surface area contributed by atoms with E-state index < -0.39 is 0 Å². The summed E-state index contributed by atoms with van der Waals surface area (Å²) in [5.74, 6) is 0.715. The third-order valence-electron chi connectivity index (χ3n) is 1.62. The quantitative estimate of drug-likeness (QED) is 0.540. The molecule has 0 amide bonds. The third kappa shape index (κ3) is 3.85. The molecule has 55 valence electrons. The van der Waals surface area contributed by atoms with Crippen LogP contribution >= 0.6 is 0 Å². The van der Waals surface area contributed by atoms with Crippen molar-refractivity contribution in [3.8, 4) is 0 Å². The van der Waals surface area contributed by atoms with E-state index >= 15 is 0 Å². The van der Waals surface area contributed by atoms with Gasteiger partial charge in [0.15, 0.2) is 0 Å². The first-order valence-electron chi connectivity index (χ1n) is 3.42. The normalized spacial score (nSPS) is 23.9. The van der Waals surface area contributed by atoms with Crippen LogP contribution in [0, 0.1) is 19.4 Å². The minimum Gasteiger partial charge on any atom is -0.475 e. The van der Waals surface area contributed by atoms with Crippen molar-refractivity contribution < 1.29 is 32.7 Å². The van der Waals surface area contributed by atoms with Gasteiger partial charge < -0.3 is 11.7 Å². The van der Waals surface area contributed by atoms with Crippen LogP contribution in [0.2, 0.25) is 0 Å². The van der Waals surface area contributed by atoms with E-state index in [1.54, 1.807) is 0 Å². The van der Waals surface area contributed by atoms with Gasteiger partial charge in [-0.2, -0.15) is 12.3 Å². The van der Waals surface area contributed by atoms with Gasteiger partial charge in [0.2, 0.25) is 0 Å². The minimum absolute atomic E-state index is 0. The van der Waals surface area contributed by atoms with Crippen LogP contribution in [-0.2, 0) is 32.7 Å². The van der Waals surface area contributed by atoms with E-state index in [1.807, 2.05) is 0 Å². The van der Waals surface area contributed by atoms with Gasteiger partial charge in [-0.3, -0.25) is 7.05 Å². The Morgan fingerprint density at radius 2 is 2.40 bits per heavy atom. The van der Waals surface area contributed by atoms with E-state index in [0.717, 1.165) is 13.0 Å². The minimum atomic E-state index is 0. The fraction of sp³-hybridized carbons (Fsp3) is 0.500. The predicted octanol–water partition coefficient (Wildman–Crippen LogP) is 1.54. The average Bonchev–Trinajstić information content (AvgIpc) is 1.91. The molecule has 2 heteroatoms. The van der Waals surface area contributed by atoms with Crippen molar-refractivity contribution in [3.63, 3.8) is 0 Å². The predicted molar refractivity (Wildman–Crippen MR) is 39.5 cm³/mol. The van der Waals surface area contributed by atoms with E-state index in [2.05, 4.69) is 30.9 Å². The summed E-state index contributed by atoms with van der Waals surface area (Å²) >= 11 is 0. The summed E-state index contributed by atoms with van der Waals surface area (Å²) in [6.45, 7) is 1.02. The van der Waals surface area contributed by atoms with Gasteiger partial charge in [0.1, 0.15) is 0 Å². The molecule has 1 aliphatic carbocycles. The number of hydrogen-bond donors (Lipinski definition) is 1. The Morgan fingerprint density at radius 1 is 1.60 bits per heavy atom. The zero-order valence-electron chi connectivity index (χ0n) is 6.22. The molecule has 1 unspecified atom stereocenters. The summed E-state index contributed by atoms with van der Waals surface area (Å²) in [6, 6.07) is 0. The van der Waals surface area contributed by atoms with Crippen LogP contribution in [0.5, 0.6) is 0 Å². The second kappa shape index (κ2) is 6.51. The fourth-order valence-corrected chi connectivity index (χ4v) is 1.09. The first-order chi connectivity index (χ1) is 4.43. The standard InChI is InChI=1S/C8H13N.Y/c1-9-7-8-5-3-2-4-6-8;/h2-3,6,8-9H,1,4-5,7H2;/q-2;. The van der Waals surface area contributed by atoms with Crippen LogP contribution in [0.3, 0.4) is 0 Å². The average molecular weight is 212 g/mol. The summed E-state index contributed by atoms with van der Waals surface area (Å²) in [5, 5.41) is 2.92. The largest absolute Gasteiger partial charge is 0.475 e. The Balaban J connectivity index is 0.000000810. The molecule has 1 atom stereocenters. The molecule has 0 heterocycles. The molecule has 1 aliphatic rings. The second-order valence-corrected chi connectivity index (χ2v) is 2.39. The van der Waals surface area contributed by atoms with Crippen LogP contribution < -0.4 is 5.32 Å². The van der Waals surface area contributed by atoms with Crippen LogP contribution in [0.4, 0.5) is 0 Å². The van der Waals surface area contributed by atoms with Crippen LogP contribution in [0.25, 0.3) is 0 Å². The molecule has 0 spiro atoms. The van der Waals surface area contributed by atoms with Crippen molar-refractivity contribution >= 4 is 0 Å². The van der Waals surface area contributed by atoms with Crippen molar-refractivity contribution in [1.29, 1.82) is 0 Å². The molecule has 0 aromatic carbocycles. The smallest absolute Gasteiger partial charge is 0 e. The maximum atomic E-state index is 3.59. The summed E-state index contributed by atoms with van der Waals surface area (Å²) in [6.07, 6.45) is 9.09. The first-order valence-corrected chi connectivity index (χ1v) is 3.42. The van der Waals surface area contributed by atoms with E-state index in [9.17, 15) is 0 Å². The Hall–Kier alpha value is 0.804. The first kappa shape index (κ1) is 10.8. The summed E-state index contributed by atoms with van der Waals surface area (Å²) < 4.78 is 0. The Morgan fingerprint density at radius 3 is 2.90 bits per heavy atom. The molecule has 0 saturated carbocycles. The van der Waals surface area contributed by atoms with Crippen molar-refractivity contribution in [2.45, 2.75) is 12.8 Å². The van der Waals surface area contributed by atoms with Gasteiger partial charge in [-0.05, 0) is 0 Å². The maximum Gasteiger partial charge on any atom is 0 e. The monoisotopic (exact) mass is 212 g/mol.